The molecule has 0 atom stereocenters. The van der Waals surface area contributed by atoms with Crippen molar-refractivity contribution < 1.29 is 23.1 Å². The fourth-order valence-corrected chi connectivity index (χ4v) is 2.32. The number of aliphatic imine (C=N–C) groups is 1. The van der Waals surface area contributed by atoms with E-state index < -0.39 is 12.6 Å². The van der Waals surface area contributed by atoms with Gasteiger partial charge in [0.1, 0.15) is 5.75 Å². The lowest BCUT2D eigenvalue weighted by molar-refractivity contribution is -0.124. The highest BCUT2D eigenvalue weighted by Crippen LogP contribution is 2.20. The smallest absolute Gasteiger partial charge is 0.387 e. The van der Waals surface area contributed by atoms with E-state index in [2.05, 4.69) is 25.7 Å². The van der Waals surface area contributed by atoms with E-state index in [4.69, 9.17) is 0 Å². The van der Waals surface area contributed by atoms with Crippen molar-refractivity contribution >= 4 is 41.9 Å². The van der Waals surface area contributed by atoms with Gasteiger partial charge >= 0.3 is 12.6 Å². The Bertz CT molecular complexity index is 659. The zero-order chi connectivity index (χ0) is 18.9. The second-order valence-corrected chi connectivity index (χ2v) is 5.31. The van der Waals surface area contributed by atoms with Gasteiger partial charge in [-0.05, 0) is 13.0 Å². The highest BCUT2D eigenvalue weighted by molar-refractivity contribution is 14.0. The molecule has 3 N–H and O–H groups in total. The van der Waals surface area contributed by atoms with Crippen LogP contribution in [-0.2, 0) is 11.3 Å². The molecule has 3 amide bonds. The number of ether oxygens (including phenoxy) is 1. The molecule has 1 fully saturated rings. The molecule has 0 aliphatic carbocycles. The van der Waals surface area contributed by atoms with Crippen molar-refractivity contribution in [2.24, 2.45) is 4.99 Å². The van der Waals surface area contributed by atoms with Crippen LogP contribution in [0.5, 0.6) is 5.75 Å². The minimum absolute atomic E-state index is 0. The van der Waals surface area contributed by atoms with Crippen molar-refractivity contribution in [2.45, 2.75) is 20.1 Å². The first-order valence-corrected chi connectivity index (χ1v) is 8.14. The molecule has 8 nitrogen and oxygen atoms in total. The number of carbonyl (C=O) groups is 2. The summed E-state index contributed by atoms with van der Waals surface area (Å²) in [5.41, 5.74) is 0.513. The highest BCUT2D eigenvalue weighted by atomic mass is 127. The number of nitrogens with one attached hydrogen (secondary N) is 3. The van der Waals surface area contributed by atoms with Gasteiger partial charge in [-0.1, -0.05) is 18.2 Å². The number of halogens is 3. The number of hydrogen-bond donors (Lipinski definition) is 3. The molecule has 0 radical (unpaired) electrons. The van der Waals surface area contributed by atoms with Gasteiger partial charge in [-0.2, -0.15) is 8.78 Å². The van der Waals surface area contributed by atoms with Gasteiger partial charge < -0.3 is 20.7 Å². The molecular weight excluding hydrogens is 475 g/mol. The fraction of sp³-hybridized carbons (Fsp3) is 0.438. The SMILES string of the molecule is CCNC(=NCc1ccccc1OC(F)F)NCCN1C(=O)CNC1=O.I. The Hall–Kier alpha value is -2.18. The molecule has 1 aliphatic rings. The molecule has 1 aliphatic heterocycles. The maximum atomic E-state index is 12.5. The fourth-order valence-electron chi connectivity index (χ4n) is 2.32. The normalized spacial score (nSPS) is 14.1. The molecule has 11 heteroatoms. The Morgan fingerprint density at radius 3 is 2.70 bits per heavy atom. The van der Waals surface area contributed by atoms with Crippen molar-refractivity contribution in [1.29, 1.82) is 0 Å². The van der Waals surface area contributed by atoms with Crippen LogP contribution in [0.15, 0.2) is 29.3 Å². The lowest BCUT2D eigenvalue weighted by Crippen LogP contribution is -2.43. The third-order valence-corrected chi connectivity index (χ3v) is 3.51. The summed E-state index contributed by atoms with van der Waals surface area (Å²) < 4.78 is 29.4. The second-order valence-electron chi connectivity index (χ2n) is 5.31. The maximum absolute atomic E-state index is 12.5. The molecule has 1 aromatic carbocycles. The van der Waals surface area contributed by atoms with Crippen molar-refractivity contribution in [1.82, 2.24) is 20.9 Å². The van der Waals surface area contributed by atoms with Gasteiger partial charge in [0.25, 0.3) is 0 Å². The van der Waals surface area contributed by atoms with Crippen LogP contribution < -0.4 is 20.7 Å². The van der Waals surface area contributed by atoms with Gasteiger partial charge in [0.2, 0.25) is 5.91 Å². The number of hydrogen-bond acceptors (Lipinski definition) is 4. The Morgan fingerprint density at radius 1 is 1.33 bits per heavy atom. The quantitative estimate of drug-likeness (QED) is 0.219. The van der Waals surface area contributed by atoms with Crippen LogP contribution in [0, 0.1) is 0 Å². The monoisotopic (exact) mass is 497 g/mol. The second kappa shape index (κ2) is 11.5. The number of amides is 3. The minimum atomic E-state index is -2.91. The van der Waals surface area contributed by atoms with Gasteiger partial charge in [-0.15, -0.1) is 24.0 Å². The van der Waals surface area contributed by atoms with Gasteiger partial charge in [0, 0.05) is 25.2 Å². The van der Waals surface area contributed by atoms with E-state index in [1.165, 1.54) is 6.07 Å². The molecule has 27 heavy (non-hydrogen) atoms. The summed E-state index contributed by atoms with van der Waals surface area (Å²) in [6.45, 7) is 0.193. The van der Waals surface area contributed by atoms with Crippen LogP contribution >= 0.6 is 24.0 Å². The molecule has 150 valence electrons. The summed E-state index contributed by atoms with van der Waals surface area (Å²) in [7, 11) is 0. The van der Waals surface area contributed by atoms with Gasteiger partial charge in [-0.25, -0.2) is 9.79 Å². The minimum Gasteiger partial charge on any atom is -0.434 e. The van der Waals surface area contributed by atoms with Gasteiger partial charge in [-0.3, -0.25) is 9.69 Å². The number of nitrogens with zero attached hydrogens (tertiary/aromatic N) is 2. The zero-order valence-electron chi connectivity index (χ0n) is 14.7. The molecule has 0 unspecified atom stereocenters. The predicted octanol–water partition coefficient (Wildman–Crippen LogP) is 1.51. The van der Waals surface area contributed by atoms with E-state index in [-0.39, 0.29) is 55.3 Å². The average molecular weight is 497 g/mol. The van der Waals surface area contributed by atoms with E-state index in [0.717, 1.165) is 4.90 Å². The Morgan fingerprint density at radius 2 is 2.07 bits per heavy atom. The molecule has 1 saturated heterocycles. The van der Waals surface area contributed by atoms with Gasteiger partial charge in [0.15, 0.2) is 5.96 Å². The van der Waals surface area contributed by atoms with Crippen LogP contribution in [0.25, 0.3) is 0 Å². The van der Waals surface area contributed by atoms with Crippen LogP contribution in [-0.4, -0.2) is 55.6 Å². The van der Waals surface area contributed by atoms with E-state index in [1.54, 1.807) is 18.2 Å². The average Bonchev–Trinajstić information content (AvgIpc) is 2.92. The summed E-state index contributed by atoms with van der Waals surface area (Å²) in [5.74, 6) is 0.227. The lowest BCUT2D eigenvalue weighted by Gasteiger charge is -2.15. The molecule has 1 heterocycles. The molecule has 0 bridgehead atoms. The third kappa shape index (κ3) is 7.15. The number of urea groups is 1. The first-order chi connectivity index (χ1) is 12.5. The van der Waals surface area contributed by atoms with Crippen molar-refractivity contribution in [3.8, 4) is 5.75 Å². The van der Waals surface area contributed by atoms with E-state index in [9.17, 15) is 18.4 Å². The third-order valence-electron chi connectivity index (χ3n) is 3.51. The Balaban J connectivity index is 0.00000364. The van der Waals surface area contributed by atoms with E-state index in [0.29, 0.717) is 24.6 Å². The van der Waals surface area contributed by atoms with Crippen LogP contribution in [0.3, 0.4) is 0 Å². The predicted molar refractivity (Wildman–Crippen MR) is 106 cm³/mol. The van der Waals surface area contributed by atoms with Crippen molar-refractivity contribution in [2.75, 3.05) is 26.2 Å². The first kappa shape index (κ1) is 22.9. The largest absolute Gasteiger partial charge is 0.434 e. The summed E-state index contributed by atoms with van der Waals surface area (Å²) >= 11 is 0. The molecular formula is C16H22F2IN5O3. The van der Waals surface area contributed by atoms with E-state index >= 15 is 0 Å². The number of imide groups is 1. The number of rotatable bonds is 8. The number of guanidine groups is 1. The van der Waals surface area contributed by atoms with Gasteiger partial charge in [0.05, 0.1) is 13.1 Å². The number of carbonyl (C=O) groups excluding carboxylic acids is 2. The lowest BCUT2D eigenvalue weighted by atomic mass is 10.2. The molecule has 0 aromatic heterocycles. The number of para-hydroxylation sites is 1. The summed E-state index contributed by atoms with van der Waals surface area (Å²) in [6.07, 6.45) is 0. The topological polar surface area (TPSA) is 95.1 Å². The van der Waals surface area contributed by atoms with E-state index in [1.807, 2.05) is 6.92 Å². The van der Waals surface area contributed by atoms with Crippen molar-refractivity contribution in [3.05, 3.63) is 29.8 Å². The Kier molecular flexibility index (Phi) is 9.75. The number of benzene rings is 1. The maximum Gasteiger partial charge on any atom is 0.387 e. The summed E-state index contributed by atoms with van der Waals surface area (Å²) in [5, 5.41) is 8.44. The Labute approximate surface area is 172 Å². The molecule has 1 aromatic rings. The summed E-state index contributed by atoms with van der Waals surface area (Å²) in [4.78, 5) is 28.4. The highest BCUT2D eigenvalue weighted by Gasteiger charge is 2.27. The standard InChI is InChI=1S/C16H21F2N5O3.HI/c1-2-19-15(20-7-8-23-13(24)10-22-16(23)25)21-9-11-5-3-4-6-12(11)26-14(17)18;/h3-6,14H,2,7-10H2,1H3,(H,22,25)(H2,19,20,21);1H. The zero-order valence-corrected chi connectivity index (χ0v) is 17.0. The van der Waals surface area contributed by atoms with Crippen LogP contribution in [0.2, 0.25) is 0 Å². The summed E-state index contributed by atoms with van der Waals surface area (Å²) in [6, 6.07) is 6.00. The number of alkyl halides is 2. The van der Waals surface area contributed by atoms with Crippen LogP contribution in [0.1, 0.15) is 12.5 Å². The molecule has 0 saturated carbocycles. The molecule has 2 rings (SSSR count). The molecule has 0 spiro atoms. The first-order valence-electron chi connectivity index (χ1n) is 8.14. The van der Waals surface area contributed by atoms with Crippen molar-refractivity contribution in [3.63, 3.8) is 0 Å². The van der Waals surface area contributed by atoms with Crippen LogP contribution in [0.4, 0.5) is 13.6 Å².